The van der Waals surface area contributed by atoms with Crippen LogP contribution in [0.25, 0.3) is 6.08 Å². The topological polar surface area (TPSA) is 72.5 Å². The molecular weight excluding hydrogens is 410 g/mol. The van der Waals surface area contributed by atoms with Crippen LogP contribution in [0.4, 0.5) is 0 Å². The predicted molar refractivity (Wildman–Crippen MR) is 121 cm³/mol. The largest absolute Gasteiger partial charge is 0.495 e. The number of hydrogen-bond donors (Lipinski definition) is 1. The third kappa shape index (κ3) is 3.52. The van der Waals surface area contributed by atoms with Crippen molar-refractivity contribution in [3.05, 3.63) is 65.2 Å². The van der Waals surface area contributed by atoms with Crippen LogP contribution in [-0.4, -0.2) is 21.3 Å². The van der Waals surface area contributed by atoms with Gasteiger partial charge in [0.25, 0.3) is 0 Å². The van der Waals surface area contributed by atoms with Crippen LogP contribution in [0, 0.1) is 16.7 Å². The van der Waals surface area contributed by atoms with Gasteiger partial charge in [-0.1, -0.05) is 57.2 Å². The van der Waals surface area contributed by atoms with Crippen LogP contribution in [0.5, 0.6) is 5.75 Å². The molecule has 0 spiro atoms. The highest BCUT2D eigenvalue weighted by molar-refractivity contribution is 7.89. The van der Waals surface area contributed by atoms with Gasteiger partial charge in [0.2, 0.25) is 10.0 Å². The van der Waals surface area contributed by atoms with Gasteiger partial charge in [-0.15, -0.1) is 0 Å². The van der Waals surface area contributed by atoms with Gasteiger partial charge in [-0.25, -0.2) is 13.1 Å². The SMILES string of the molecule is COc1ccc(/C=C2/C(=O)[C@@]3(C)CC[C@H]2C3(C)C)cc1S(=O)(=O)NCc1ccccc1. The number of Topliss-reactive ketones (excluding diaryl/α,β-unsaturated/α-hetero) is 1. The van der Waals surface area contributed by atoms with Crippen LogP contribution in [0.15, 0.2) is 59.0 Å². The van der Waals surface area contributed by atoms with E-state index in [0.717, 1.165) is 24.0 Å². The first-order chi connectivity index (χ1) is 14.6. The lowest BCUT2D eigenvalue weighted by Gasteiger charge is -2.31. The fourth-order valence-electron chi connectivity index (χ4n) is 5.12. The molecule has 2 bridgehead atoms. The van der Waals surface area contributed by atoms with Crippen molar-refractivity contribution >= 4 is 21.9 Å². The number of hydrogen-bond acceptors (Lipinski definition) is 4. The van der Waals surface area contributed by atoms with Crippen molar-refractivity contribution in [2.75, 3.05) is 7.11 Å². The standard InChI is InChI=1S/C25H29NO4S/c1-24(2)20-12-13-25(24,3)23(27)19(20)14-18-10-11-21(30-4)22(15-18)31(28,29)26-16-17-8-6-5-7-9-17/h5-11,14-15,20,26H,12-13,16H2,1-4H3/b19-14+/t20-,25-/m1/s1. The molecule has 2 fully saturated rings. The third-order valence-corrected chi connectivity index (χ3v) is 8.90. The van der Waals surface area contributed by atoms with Crippen molar-refractivity contribution in [1.82, 2.24) is 4.72 Å². The highest BCUT2D eigenvalue weighted by Gasteiger charge is 2.63. The quantitative estimate of drug-likeness (QED) is 0.669. The van der Waals surface area contributed by atoms with Gasteiger partial charge in [0.15, 0.2) is 5.78 Å². The Balaban J connectivity index is 1.67. The average Bonchev–Trinajstić information content (AvgIpc) is 3.06. The van der Waals surface area contributed by atoms with Crippen molar-refractivity contribution < 1.29 is 17.9 Å². The highest BCUT2D eigenvalue weighted by Crippen LogP contribution is 2.65. The first-order valence-corrected chi connectivity index (χ1v) is 12.1. The summed E-state index contributed by atoms with van der Waals surface area (Å²) in [7, 11) is -2.35. The van der Waals surface area contributed by atoms with Gasteiger partial charge >= 0.3 is 0 Å². The Bertz CT molecular complexity index is 1150. The number of ether oxygens (including phenoxy) is 1. The number of nitrogens with one attached hydrogen (secondary N) is 1. The number of methoxy groups -OCH3 is 1. The van der Waals surface area contributed by atoms with E-state index in [4.69, 9.17) is 4.74 Å². The summed E-state index contributed by atoms with van der Waals surface area (Å²) in [6.45, 7) is 6.58. The Kier molecular flexibility index (Phi) is 5.34. The van der Waals surface area contributed by atoms with E-state index in [9.17, 15) is 13.2 Å². The zero-order valence-electron chi connectivity index (χ0n) is 18.4. The number of benzene rings is 2. The lowest BCUT2D eigenvalue weighted by Crippen LogP contribution is -2.32. The van der Waals surface area contributed by atoms with E-state index in [0.29, 0.717) is 5.56 Å². The summed E-state index contributed by atoms with van der Waals surface area (Å²) >= 11 is 0. The first-order valence-electron chi connectivity index (χ1n) is 10.6. The molecule has 0 amide bonds. The Morgan fingerprint density at radius 1 is 1.13 bits per heavy atom. The molecule has 2 aliphatic rings. The molecular formula is C25H29NO4S. The van der Waals surface area contributed by atoms with Crippen LogP contribution < -0.4 is 9.46 Å². The second kappa shape index (κ2) is 7.61. The molecule has 2 atom stereocenters. The minimum absolute atomic E-state index is 0.0707. The van der Waals surface area contributed by atoms with Crippen LogP contribution in [-0.2, 0) is 21.4 Å². The molecule has 2 aliphatic carbocycles. The van der Waals surface area contributed by atoms with E-state index in [1.807, 2.05) is 36.4 Å². The van der Waals surface area contributed by atoms with E-state index in [1.54, 1.807) is 18.2 Å². The molecule has 0 aliphatic heterocycles. The molecule has 164 valence electrons. The monoisotopic (exact) mass is 439 g/mol. The molecule has 1 N–H and O–H groups in total. The first kappa shape index (κ1) is 21.8. The second-order valence-electron chi connectivity index (χ2n) is 9.29. The number of carbonyl (C=O) groups is 1. The van der Waals surface area contributed by atoms with Crippen molar-refractivity contribution in [2.45, 2.75) is 45.1 Å². The molecule has 2 saturated carbocycles. The van der Waals surface area contributed by atoms with Gasteiger partial charge in [-0.05, 0) is 59.1 Å². The van der Waals surface area contributed by atoms with Gasteiger partial charge < -0.3 is 4.74 Å². The normalized spacial score (nSPS) is 25.9. The smallest absolute Gasteiger partial charge is 0.244 e. The lowest BCUT2D eigenvalue weighted by atomic mass is 9.70. The predicted octanol–water partition coefficient (Wildman–Crippen LogP) is 4.58. The Hall–Kier alpha value is -2.44. The third-order valence-electron chi connectivity index (χ3n) is 7.47. The van der Waals surface area contributed by atoms with E-state index < -0.39 is 10.0 Å². The Labute approximate surface area is 184 Å². The summed E-state index contributed by atoms with van der Waals surface area (Å²) in [5.41, 5.74) is 1.93. The molecule has 2 aromatic rings. The van der Waals surface area contributed by atoms with Crippen molar-refractivity contribution in [1.29, 1.82) is 0 Å². The molecule has 0 saturated heterocycles. The summed E-state index contributed by atoms with van der Waals surface area (Å²) in [4.78, 5) is 13.2. The minimum atomic E-state index is -3.81. The maximum absolute atomic E-state index is 13.1. The summed E-state index contributed by atoms with van der Waals surface area (Å²) in [5.74, 6) is 0.661. The van der Waals surface area contributed by atoms with Crippen molar-refractivity contribution in [3.63, 3.8) is 0 Å². The van der Waals surface area contributed by atoms with Gasteiger partial charge in [0, 0.05) is 12.0 Å². The van der Waals surface area contributed by atoms with Crippen LogP contribution in [0.2, 0.25) is 0 Å². The van der Waals surface area contributed by atoms with E-state index in [-0.39, 0.29) is 39.7 Å². The highest BCUT2D eigenvalue weighted by atomic mass is 32.2. The van der Waals surface area contributed by atoms with E-state index in [1.165, 1.54) is 7.11 Å². The maximum atomic E-state index is 13.1. The minimum Gasteiger partial charge on any atom is -0.495 e. The maximum Gasteiger partial charge on any atom is 0.244 e. The van der Waals surface area contributed by atoms with Crippen molar-refractivity contribution in [3.8, 4) is 5.75 Å². The molecule has 0 heterocycles. The van der Waals surface area contributed by atoms with Gasteiger partial charge in [0.1, 0.15) is 10.6 Å². The fourth-order valence-corrected chi connectivity index (χ4v) is 6.34. The summed E-state index contributed by atoms with van der Waals surface area (Å²) in [6, 6.07) is 14.4. The van der Waals surface area contributed by atoms with Gasteiger partial charge in [-0.3, -0.25) is 4.79 Å². The molecule has 0 aromatic heterocycles. The summed E-state index contributed by atoms with van der Waals surface area (Å²) in [5, 5.41) is 0. The number of allylic oxidation sites excluding steroid dienone is 1. The number of fused-ring (bicyclic) bond motifs is 2. The lowest BCUT2D eigenvalue weighted by molar-refractivity contribution is -0.125. The van der Waals surface area contributed by atoms with Crippen LogP contribution in [0.3, 0.4) is 0 Å². The number of rotatable bonds is 6. The molecule has 5 nitrogen and oxygen atoms in total. The second-order valence-corrected chi connectivity index (χ2v) is 11.0. The summed E-state index contributed by atoms with van der Waals surface area (Å²) < 4.78 is 34.1. The molecule has 31 heavy (non-hydrogen) atoms. The molecule has 0 unspecified atom stereocenters. The van der Waals surface area contributed by atoms with Crippen LogP contribution >= 0.6 is 0 Å². The van der Waals surface area contributed by atoms with E-state index >= 15 is 0 Å². The van der Waals surface area contributed by atoms with Gasteiger partial charge in [0.05, 0.1) is 7.11 Å². The number of sulfonamides is 1. The number of ketones is 1. The zero-order valence-corrected chi connectivity index (χ0v) is 19.3. The van der Waals surface area contributed by atoms with Crippen LogP contribution in [0.1, 0.15) is 44.7 Å². The molecule has 2 aromatic carbocycles. The Morgan fingerprint density at radius 2 is 1.84 bits per heavy atom. The fraction of sp³-hybridized carbons (Fsp3) is 0.400. The summed E-state index contributed by atoms with van der Waals surface area (Å²) in [6.07, 6.45) is 3.77. The molecule has 6 heteroatoms. The molecule has 0 radical (unpaired) electrons. The Morgan fingerprint density at radius 3 is 2.45 bits per heavy atom. The zero-order chi connectivity index (χ0) is 22.4. The average molecular weight is 440 g/mol. The number of carbonyl (C=O) groups excluding carboxylic acids is 1. The van der Waals surface area contributed by atoms with Gasteiger partial charge in [-0.2, -0.15) is 0 Å². The van der Waals surface area contributed by atoms with Crippen molar-refractivity contribution in [2.24, 2.45) is 16.7 Å². The van der Waals surface area contributed by atoms with E-state index in [2.05, 4.69) is 25.5 Å². The molecule has 4 rings (SSSR count).